The van der Waals surface area contributed by atoms with Crippen LogP contribution in [0.5, 0.6) is 0 Å². The van der Waals surface area contributed by atoms with Gasteiger partial charge in [0.1, 0.15) is 0 Å². The van der Waals surface area contributed by atoms with Crippen molar-refractivity contribution in [3.8, 4) is 0 Å². The predicted molar refractivity (Wildman–Crippen MR) is 39.7 cm³/mol. The molecule has 0 amide bonds. The lowest BCUT2D eigenvalue weighted by Gasteiger charge is -2.10. The fourth-order valence-corrected chi connectivity index (χ4v) is 1.41. The highest BCUT2D eigenvalue weighted by molar-refractivity contribution is 5.37. The van der Waals surface area contributed by atoms with Crippen LogP contribution in [0.3, 0.4) is 0 Å². The minimum Gasteiger partial charge on any atom is -0.397 e. The molecule has 1 heterocycles. The minimum atomic E-state index is 0.895. The molecule has 0 fully saturated rings. The van der Waals surface area contributed by atoms with Gasteiger partial charge in [0.05, 0.1) is 11.4 Å². The third-order valence-corrected chi connectivity index (χ3v) is 1.97. The van der Waals surface area contributed by atoms with Crippen LogP contribution < -0.4 is 16.6 Å². The van der Waals surface area contributed by atoms with Crippen LogP contribution in [0, 0.1) is 0 Å². The predicted octanol–water partition coefficient (Wildman–Crippen LogP) is -0.0153. The van der Waals surface area contributed by atoms with E-state index in [1.165, 1.54) is 5.57 Å². The van der Waals surface area contributed by atoms with Gasteiger partial charge < -0.3 is 11.2 Å². The van der Waals surface area contributed by atoms with Crippen molar-refractivity contribution in [3.05, 3.63) is 23.0 Å². The summed E-state index contributed by atoms with van der Waals surface area (Å²) < 4.78 is 0. The molecule has 0 aromatic rings. The Bertz CT molecular complexity index is 215. The van der Waals surface area contributed by atoms with Crippen LogP contribution >= 0.6 is 0 Å². The van der Waals surface area contributed by atoms with E-state index >= 15 is 0 Å². The molecule has 2 rings (SSSR count). The number of nitrogens with one attached hydrogen (secondary N) is 2. The van der Waals surface area contributed by atoms with Crippen LogP contribution in [-0.2, 0) is 0 Å². The maximum absolute atomic E-state index is 5.72. The third-order valence-electron chi connectivity index (χ3n) is 1.97. The number of allylic oxidation sites excluding steroid dienone is 1. The molecule has 1 aliphatic carbocycles. The van der Waals surface area contributed by atoms with Gasteiger partial charge in [-0.05, 0) is 18.4 Å². The van der Waals surface area contributed by atoms with Gasteiger partial charge in [0.2, 0.25) is 0 Å². The molecule has 1 aliphatic heterocycles. The smallest absolute Gasteiger partial charge is 0.0720 e. The molecule has 0 aromatic heterocycles. The summed E-state index contributed by atoms with van der Waals surface area (Å²) in [5.74, 6) is 0. The van der Waals surface area contributed by atoms with Crippen LogP contribution in [0.1, 0.15) is 12.8 Å². The van der Waals surface area contributed by atoms with Crippen molar-refractivity contribution in [1.82, 2.24) is 10.9 Å². The first-order valence-electron chi connectivity index (χ1n) is 3.55. The van der Waals surface area contributed by atoms with Crippen LogP contribution in [-0.4, -0.2) is 6.54 Å². The van der Waals surface area contributed by atoms with Gasteiger partial charge in [0.25, 0.3) is 0 Å². The first kappa shape index (κ1) is 5.80. The average Bonchev–Trinajstić information content (AvgIpc) is 2.36. The summed E-state index contributed by atoms with van der Waals surface area (Å²) in [5.41, 5.74) is 15.2. The Hall–Kier alpha value is -0.960. The Morgan fingerprint density at radius 2 is 2.40 bits per heavy atom. The van der Waals surface area contributed by atoms with Gasteiger partial charge in [0.15, 0.2) is 0 Å². The van der Waals surface area contributed by atoms with Crippen LogP contribution in [0.2, 0.25) is 0 Å². The summed E-state index contributed by atoms with van der Waals surface area (Å²) >= 11 is 0. The second-order valence-electron chi connectivity index (χ2n) is 2.66. The van der Waals surface area contributed by atoms with E-state index in [1.807, 2.05) is 0 Å². The summed E-state index contributed by atoms with van der Waals surface area (Å²) in [6.45, 7) is 0.948. The molecule has 0 aromatic carbocycles. The number of hydrogen-bond acceptors (Lipinski definition) is 3. The van der Waals surface area contributed by atoms with E-state index < -0.39 is 0 Å². The molecule has 0 unspecified atom stereocenters. The summed E-state index contributed by atoms with van der Waals surface area (Å²) in [5, 5.41) is 0. The molecule has 0 saturated carbocycles. The van der Waals surface area contributed by atoms with Crippen LogP contribution in [0.15, 0.2) is 23.0 Å². The largest absolute Gasteiger partial charge is 0.397 e. The third kappa shape index (κ3) is 0.708. The zero-order valence-corrected chi connectivity index (χ0v) is 5.78. The highest BCUT2D eigenvalue weighted by Gasteiger charge is 2.17. The molecule has 3 nitrogen and oxygen atoms in total. The zero-order chi connectivity index (χ0) is 6.97. The summed E-state index contributed by atoms with van der Waals surface area (Å²) in [6, 6.07) is 0. The van der Waals surface area contributed by atoms with Crippen molar-refractivity contribution in [1.29, 1.82) is 0 Å². The maximum atomic E-state index is 5.72. The lowest BCUT2D eigenvalue weighted by molar-refractivity contribution is 0.700. The van der Waals surface area contributed by atoms with E-state index in [0.29, 0.717) is 0 Å². The molecule has 0 spiro atoms. The lowest BCUT2D eigenvalue weighted by Crippen LogP contribution is -2.25. The first-order chi connectivity index (χ1) is 4.88. The molecule has 0 saturated heterocycles. The zero-order valence-electron chi connectivity index (χ0n) is 5.78. The van der Waals surface area contributed by atoms with Crippen LogP contribution in [0.25, 0.3) is 0 Å². The summed E-state index contributed by atoms with van der Waals surface area (Å²) in [7, 11) is 0. The molecule has 10 heavy (non-hydrogen) atoms. The molecule has 0 radical (unpaired) electrons. The summed E-state index contributed by atoms with van der Waals surface area (Å²) in [6.07, 6.45) is 4.31. The molecule has 0 atom stereocenters. The second kappa shape index (κ2) is 2.02. The van der Waals surface area contributed by atoms with Gasteiger partial charge in [-0.25, -0.2) is 5.43 Å². The number of nitrogens with two attached hydrogens (primary N) is 1. The second-order valence-corrected chi connectivity index (χ2v) is 2.66. The average molecular weight is 137 g/mol. The lowest BCUT2D eigenvalue weighted by atomic mass is 10.0. The van der Waals surface area contributed by atoms with Gasteiger partial charge in [-0.3, -0.25) is 0 Å². The molecular weight excluding hydrogens is 126 g/mol. The number of hydrazine groups is 1. The highest BCUT2D eigenvalue weighted by atomic mass is 15.4. The topological polar surface area (TPSA) is 50.1 Å². The monoisotopic (exact) mass is 137 g/mol. The first-order valence-corrected chi connectivity index (χ1v) is 3.55. The fourth-order valence-electron chi connectivity index (χ4n) is 1.41. The van der Waals surface area contributed by atoms with Gasteiger partial charge in [0, 0.05) is 6.54 Å². The van der Waals surface area contributed by atoms with E-state index in [9.17, 15) is 0 Å². The number of rotatable bonds is 0. The molecule has 3 heteroatoms. The molecular formula is C7H11N3. The van der Waals surface area contributed by atoms with Crippen LogP contribution in [0.4, 0.5) is 0 Å². The van der Waals surface area contributed by atoms with E-state index in [1.54, 1.807) is 0 Å². The van der Waals surface area contributed by atoms with Gasteiger partial charge >= 0.3 is 0 Å². The maximum Gasteiger partial charge on any atom is 0.0720 e. The van der Waals surface area contributed by atoms with E-state index in [4.69, 9.17) is 5.73 Å². The highest BCUT2D eigenvalue weighted by Crippen LogP contribution is 2.21. The Labute approximate surface area is 59.9 Å². The van der Waals surface area contributed by atoms with Crippen molar-refractivity contribution in [2.24, 2.45) is 5.73 Å². The van der Waals surface area contributed by atoms with Crippen molar-refractivity contribution in [3.63, 3.8) is 0 Å². The molecule has 2 aliphatic rings. The van der Waals surface area contributed by atoms with E-state index in [0.717, 1.165) is 30.8 Å². The van der Waals surface area contributed by atoms with Crippen molar-refractivity contribution >= 4 is 0 Å². The fraction of sp³-hybridized carbons (Fsp3) is 0.429. The van der Waals surface area contributed by atoms with Crippen molar-refractivity contribution < 1.29 is 0 Å². The van der Waals surface area contributed by atoms with Gasteiger partial charge in [-0.2, -0.15) is 0 Å². The normalized spacial score (nSPS) is 23.8. The Morgan fingerprint density at radius 3 is 3.20 bits per heavy atom. The van der Waals surface area contributed by atoms with E-state index in [-0.39, 0.29) is 0 Å². The van der Waals surface area contributed by atoms with Crippen molar-refractivity contribution in [2.45, 2.75) is 12.8 Å². The number of hydrogen-bond donors (Lipinski definition) is 3. The molecule has 54 valence electrons. The van der Waals surface area contributed by atoms with E-state index in [2.05, 4.69) is 16.9 Å². The van der Waals surface area contributed by atoms with Crippen molar-refractivity contribution in [2.75, 3.05) is 6.54 Å². The summed E-state index contributed by atoms with van der Waals surface area (Å²) in [4.78, 5) is 0. The molecule has 4 N–H and O–H groups in total. The SMILES string of the molecule is NC1=CCCC2=C1NNC2. The van der Waals surface area contributed by atoms with Gasteiger partial charge in [-0.15, -0.1) is 0 Å². The quantitative estimate of drug-likeness (QED) is 0.440. The Morgan fingerprint density at radius 1 is 1.50 bits per heavy atom. The minimum absolute atomic E-state index is 0.895. The Balaban J connectivity index is 2.33. The standard InChI is InChI=1S/C7H11N3/c8-6-3-1-2-5-4-9-10-7(5)6/h3,9-10H,1-2,4,8H2. The van der Waals surface area contributed by atoms with Gasteiger partial charge in [-0.1, -0.05) is 6.08 Å². The molecule has 0 bridgehead atoms. The Kier molecular flexibility index (Phi) is 1.17.